The van der Waals surface area contributed by atoms with Crippen LogP contribution < -0.4 is 16.5 Å². The lowest BCUT2D eigenvalue weighted by Crippen LogP contribution is -2.32. The van der Waals surface area contributed by atoms with Gasteiger partial charge < -0.3 is 15.5 Å². The van der Waals surface area contributed by atoms with E-state index in [1.54, 1.807) is 31.9 Å². The third kappa shape index (κ3) is 3.55. The van der Waals surface area contributed by atoms with Gasteiger partial charge in [0.2, 0.25) is 0 Å². The normalized spacial score (nSPS) is 18.8. The van der Waals surface area contributed by atoms with Gasteiger partial charge in [0.05, 0.1) is 30.8 Å². The summed E-state index contributed by atoms with van der Waals surface area (Å²) in [5.41, 5.74) is 1.92. The van der Waals surface area contributed by atoms with Crippen molar-refractivity contribution < 1.29 is 4.84 Å². The van der Waals surface area contributed by atoms with E-state index in [9.17, 15) is 0 Å². The lowest BCUT2D eigenvalue weighted by molar-refractivity contribution is 0.221. The summed E-state index contributed by atoms with van der Waals surface area (Å²) in [7, 11) is 0. The first-order chi connectivity index (χ1) is 9.70. The number of aliphatic imine (C=N–C) groups is 1. The average molecular weight is 274 g/mol. The van der Waals surface area contributed by atoms with Crippen LogP contribution in [0.1, 0.15) is 19.5 Å². The van der Waals surface area contributed by atoms with Gasteiger partial charge in [-0.15, -0.1) is 0 Å². The Balaban J connectivity index is 2.05. The van der Waals surface area contributed by atoms with E-state index in [1.807, 2.05) is 13.0 Å². The fourth-order valence-electron chi connectivity index (χ4n) is 1.78. The van der Waals surface area contributed by atoms with Crippen molar-refractivity contribution in [1.29, 1.82) is 0 Å². The second-order valence-electron chi connectivity index (χ2n) is 4.37. The van der Waals surface area contributed by atoms with Crippen LogP contribution in [-0.4, -0.2) is 22.3 Å². The molecular weight excluding hydrogens is 256 g/mol. The van der Waals surface area contributed by atoms with Gasteiger partial charge >= 0.3 is 0 Å². The molecule has 0 saturated carbocycles. The molecule has 0 fully saturated rings. The first-order valence-electron chi connectivity index (χ1n) is 6.23. The number of nitrogens with zero attached hydrogens (tertiary/aromatic N) is 3. The number of nitrogens with one attached hydrogen (secondary N) is 2. The molecule has 1 aliphatic heterocycles. The molecule has 4 N–H and O–H groups in total. The highest BCUT2D eigenvalue weighted by Gasteiger charge is 2.15. The Hall–Kier alpha value is -2.41. The Morgan fingerprint density at radius 3 is 3.10 bits per heavy atom. The van der Waals surface area contributed by atoms with Crippen molar-refractivity contribution in [2.75, 3.05) is 0 Å². The van der Waals surface area contributed by atoms with Crippen LogP contribution in [0.5, 0.6) is 0 Å². The van der Waals surface area contributed by atoms with Crippen LogP contribution in [0.25, 0.3) is 0 Å². The number of nitrogens with two attached hydrogens (primary N) is 1. The SMILES string of the molecule is CC1=C(NCc2cnccn2)NC=NC1/C=C(\C)ON. The molecule has 7 nitrogen and oxygen atoms in total. The van der Waals surface area contributed by atoms with Crippen LogP contribution in [0.3, 0.4) is 0 Å². The van der Waals surface area contributed by atoms with E-state index in [0.717, 1.165) is 17.1 Å². The van der Waals surface area contributed by atoms with Gasteiger partial charge in [0.25, 0.3) is 0 Å². The molecule has 1 aliphatic rings. The Morgan fingerprint density at radius 2 is 2.40 bits per heavy atom. The summed E-state index contributed by atoms with van der Waals surface area (Å²) < 4.78 is 0. The molecule has 0 amide bonds. The lowest BCUT2D eigenvalue weighted by atomic mass is 10.1. The van der Waals surface area contributed by atoms with Crippen LogP contribution in [-0.2, 0) is 11.4 Å². The largest absolute Gasteiger partial charge is 0.417 e. The molecule has 20 heavy (non-hydrogen) atoms. The Kier molecular flexibility index (Phi) is 4.67. The Labute approximate surface area is 117 Å². The average Bonchev–Trinajstić information content (AvgIpc) is 2.49. The van der Waals surface area contributed by atoms with Gasteiger partial charge in [0, 0.05) is 12.4 Å². The maximum Gasteiger partial charge on any atom is 0.119 e. The first kappa shape index (κ1) is 14.0. The molecule has 1 unspecified atom stereocenters. The van der Waals surface area contributed by atoms with Crippen molar-refractivity contribution in [3.63, 3.8) is 0 Å². The van der Waals surface area contributed by atoms with E-state index in [2.05, 4.69) is 30.4 Å². The molecule has 0 spiro atoms. The van der Waals surface area contributed by atoms with Gasteiger partial charge in [-0.2, -0.15) is 5.90 Å². The summed E-state index contributed by atoms with van der Waals surface area (Å²) in [5.74, 6) is 6.65. The minimum absolute atomic E-state index is 0.0934. The van der Waals surface area contributed by atoms with Crippen LogP contribution in [0, 0.1) is 0 Å². The molecule has 0 radical (unpaired) electrons. The summed E-state index contributed by atoms with van der Waals surface area (Å²) in [6.45, 7) is 4.37. The van der Waals surface area contributed by atoms with Gasteiger partial charge in [-0.3, -0.25) is 15.0 Å². The van der Waals surface area contributed by atoms with Crippen molar-refractivity contribution >= 4 is 6.34 Å². The predicted octanol–water partition coefficient (Wildman–Crippen LogP) is 0.592. The topological polar surface area (TPSA) is 97.5 Å². The number of aromatic nitrogens is 2. The third-order valence-corrected chi connectivity index (χ3v) is 2.92. The lowest BCUT2D eigenvalue weighted by Gasteiger charge is -2.21. The Morgan fingerprint density at radius 1 is 1.55 bits per heavy atom. The highest BCUT2D eigenvalue weighted by molar-refractivity contribution is 5.61. The second-order valence-corrected chi connectivity index (χ2v) is 4.37. The number of hydrogen-bond acceptors (Lipinski definition) is 7. The molecule has 0 aromatic carbocycles. The maximum absolute atomic E-state index is 5.12. The first-order valence-corrected chi connectivity index (χ1v) is 6.23. The van der Waals surface area contributed by atoms with Gasteiger partial charge in [-0.25, -0.2) is 0 Å². The maximum atomic E-state index is 5.12. The van der Waals surface area contributed by atoms with E-state index >= 15 is 0 Å². The van der Waals surface area contributed by atoms with Gasteiger partial charge in [-0.1, -0.05) is 0 Å². The monoisotopic (exact) mass is 274 g/mol. The van der Waals surface area contributed by atoms with Gasteiger partial charge in [0.15, 0.2) is 0 Å². The summed E-state index contributed by atoms with van der Waals surface area (Å²) in [6, 6.07) is -0.0934. The summed E-state index contributed by atoms with van der Waals surface area (Å²) in [4.78, 5) is 17.2. The third-order valence-electron chi connectivity index (χ3n) is 2.92. The summed E-state index contributed by atoms with van der Waals surface area (Å²) >= 11 is 0. The van der Waals surface area contributed by atoms with Gasteiger partial charge in [-0.05, 0) is 25.5 Å². The molecule has 1 aromatic heterocycles. The summed E-state index contributed by atoms with van der Waals surface area (Å²) in [6.07, 6.45) is 8.55. The molecule has 1 atom stereocenters. The van der Waals surface area contributed by atoms with Crippen molar-refractivity contribution in [2.24, 2.45) is 10.9 Å². The minimum Gasteiger partial charge on any atom is -0.417 e. The molecule has 0 bridgehead atoms. The van der Waals surface area contributed by atoms with E-state index in [-0.39, 0.29) is 6.04 Å². The fraction of sp³-hybridized carbons (Fsp3) is 0.308. The van der Waals surface area contributed by atoms with Crippen LogP contribution in [0.2, 0.25) is 0 Å². The highest BCUT2D eigenvalue weighted by atomic mass is 16.6. The molecule has 0 aliphatic carbocycles. The molecular formula is C13H18N6O. The Bertz CT molecular complexity index is 537. The zero-order valence-corrected chi connectivity index (χ0v) is 11.5. The summed E-state index contributed by atoms with van der Waals surface area (Å²) in [5, 5.41) is 6.37. The number of allylic oxidation sites excluding steroid dienone is 1. The van der Waals surface area contributed by atoms with Crippen molar-refractivity contribution in [2.45, 2.75) is 26.4 Å². The van der Waals surface area contributed by atoms with E-state index in [4.69, 9.17) is 5.90 Å². The molecule has 1 aromatic rings. The molecule has 106 valence electrons. The smallest absolute Gasteiger partial charge is 0.119 e. The van der Waals surface area contributed by atoms with Crippen LogP contribution >= 0.6 is 0 Å². The number of rotatable bonds is 5. The molecule has 2 rings (SSSR count). The quantitative estimate of drug-likeness (QED) is 0.537. The molecule has 0 saturated heterocycles. The van der Waals surface area contributed by atoms with E-state index < -0.39 is 0 Å². The zero-order valence-electron chi connectivity index (χ0n) is 11.5. The van der Waals surface area contributed by atoms with E-state index in [1.165, 1.54) is 0 Å². The molecule has 2 heterocycles. The van der Waals surface area contributed by atoms with Crippen molar-refractivity contribution in [3.8, 4) is 0 Å². The number of hydrogen-bond donors (Lipinski definition) is 3. The molecule has 7 heteroatoms. The predicted molar refractivity (Wildman–Crippen MR) is 76.0 cm³/mol. The van der Waals surface area contributed by atoms with E-state index in [0.29, 0.717) is 12.3 Å². The zero-order chi connectivity index (χ0) is 14.4. The standard InChI is InChI=1S/C13H18N6O/c1-9(20-14)5-12-10(2)13(19-8-18-12)17-7-11-6-15-3-4-16-11/h3-6,8,12,17H,7,14H2,1-2H3,(H,18,19)/b9-5+. The second kappa shape index (κ2) is 6.67. The van der Waals surface area contributed by atoms with Crippen LogP contribution in [0.4, 0.5) is 0 Å². The van der Waals surface area contributed by atoms with Crippen molar-refractivity contribution in [1.82, 2.24) is 20.6 Å². The van der Waals surface area contributed by atoms with Crippen LogP contribution in [0.15, 0.2) is 46.8 Å². The van der Waals surface area contributed by atoms with Gasteiger partial charge in [0.1, 0.15) is 11.6 Å². The highest BCUT2D eigenvalue weighted by Crippen LogP contribution is 2.15. The fourth-order valence-corrected chi connectivity index (χ4v) is 1.78. The minimum atomic E-state index is -0.0934. The van der Waals surface area contributed by atoms with Crippen molar-refractivity contribution in [3.05, 3.63) is 47.5 Å².